The molecule has 0 radical (unpaired) electrons. The van der Waals surface area contributed by atoms with Crippen molar-refractivity contribution in [1.82, 2.24) is 5.32 Å². The highest BCUT2D eigenvalue weighted by molar-refractivity contribution is 5.65. The molecule has 2 rings (SSSR count). The van der Waals surface area contributed by atoms with Gasteiger partial charge in [-0.3, -0.25) is 0 Å². The third kappa shape index (κ3) is 4.07. The van der Waals surface area contributed by atoms with Crippen molar-refractivity contribution in [3.8, 4) is 0 Å². The zero-order valence-corrected chi connectivity index (χ0v) is 10.8. The highest BCUT2D eigenvalue weighted by Crippen LogP contribution is 2.32. The number of nitrogens with one attached hydrogen (secondary N) is 1. The number of carboxylic acid groups (broad SMARTS) is 1. The standard InChI is InChI=1S/C13H13F4NO3/c14-11-3-7(1-2-10(11)13(15,16)17)6-21-9-4-8(5-9)18-12(19)20/h1-3,8-9,18H,4-6H2,(H,19,20). The summed E-state index contributed by atoms with van der Waals surface area (Å²) in [5.74, 6) is -1.33. The van der Waals surface area contributed by atoms with E-state index in [1.165, 1.54) is 0 Å². The molecule has 0 aliphatic heterocycles. The second-order valence-corrected chi connectivity index (χ2v) is 4.86. The fourth-order valence-corrected chi connectivity index (χ4v) is 2.09. The molecule has 8 heteroatoms. The first-order valence-corrected chi connectivity index (χ1v) is 6.22. The summed E-state index contributed by atoms with van der Waals surface area (Å²) < 4.78 is 55.8. The van der Waals surface area contributed by atoms with E-state index in [0.29, 0.717) is 24.5 Å². The maximum absolute atomic E-state index is 13.3. The van der Waals surface area contributed by atoms with E-state index in [2.05, 4.69) is 5.32 Å². The van der Waals surface area contributed by atoms with Crippen molar-refractivity contribution in [3.05, 3.63) is 35.1 Å². The molecule has 1 aromatic carbocycles. The van der Waals surface area contributed by atoms with Crippen molar-refractivity contribution < 1.29 is 32.2 Å². The SMILES string of the molecule is O=C(O)NC1CC(OCc2ccc(C(F)(F)F)c(F)c2)C1. The van der Waals surface area contributed by atoms with Gasteiger partial charge in [0.25, 0.3) is 0 Å². The predicted octanol–water partition coefficient (Wildman–Crippen LogP) is 3.16. The number of carbonyl (C=O) groups is 1. The number of hydrogen-bond donors (Lipinski definition) is 2. The minimum absolute atomic E-state index is 0.0144. The predicted molar refractivity (Wildman–Crippen MR) is 64.2 cm³/mol. The molecule has 0 unspecified atom stereocenters. The quantitative estimate of drug-likeness (QED) is 0.840. The molecule has 1 fully saturated rings. The summed E-state index contributed by atoms with van der Waals surface area (Å²) in [5.41, 5.74) is -1.00. The second kappa shape index (κ2) is 5.88. The van der Waals surface area contributed by atoms with Gasteiger partial charge in [-0.2, -0.15) is 13.2 Å². The van der Waals surface area contributed by atoms with Crippen molar-refractivity contribution in [2.24, 2.45) is 0 Å². The lowest BCUT2D eigenvalue weighted by molar-refractivity contribution is -0.140. The average Bonchev–Trinajstić information content (AvgIpc) is 2.29. The summed E-state index contributed by atoms with van der Waals surface area (Å²) in [6, 6.07) is 2.48. The van der Waals surface area contributed by atoms with Crippen LogP contribution in [0.2, 0.25) is 0 Å². The molecule has 1 aromatic rings. The van der Waals surface area contributed by atoms with Crippen LogP contribution in [0.15, 0.2) is 18.2 Å². The van der Waals surface area contributed by atoms with E-state index in [1.807, 2.05) is 0 Å². The van der Waals surface area contributed by atoms with Crippen molar-refractivity contribution >= 4 is 6.09 Å². The van der Waals surface area contributed by atoms with E-state index in [0.717, 1.165) is 12.1 Å². The molecule has 0 bridgehead atoms. The zero-order valence-electron chi connectivity index (χ0n) is 10.8. The molecule has 0 heterocycles. The fraction of sp³-hybridized carbons (Fsp3) is 0.462. The van der Waals surface area contributed by atoms with Crippen LogP contribution < -0.4 is 5.32 Å². The summed E-state index contributed by atoms with van der Waals surface area (Å²) in [6.07, 6.45) is -5.01. The number of amides is 1. The summed E-state index contributed by atoms with van der Waals surface area (Å²) in [6.45, 7) is -0.0144. The largest absolute Gasteiger partial charge is 0.465 e. The van der Waals surface area contributed by atoms with Gasteiger partial charge >= 0.3 is 12.3 Å². The van der Waals surface area contributed by atoms with E-state index in [4.69, 9.17) is 9.84 Å². The summed E-state index contributed by atoms with van der Waals surface area (Å²) >= 11 is 0. The summed E-state index contributed by atoms with van der Waals surface area (Å²) in [7, 11) is 0. The molecule has 0 aromatic heterocycles. The van der Waals surface area contributed by atoms with Crippen LogP contribution in [-0.4, -0.2) is 23.3 Å². The molecule has 0 atom stereocenters. The highest BCUT2D eigenvalue weighted by atomic mass is 19.4. The minimum atomic E-state index is -4.72. The molecule has 0 spiro atoms. The Morgan fingerprint density at radius 2 is 2.05 bits per heavy atom. The Morgan fingerprint density at radius 3 is 2.57 bits per heavy atom. The molecule has 1 aliphatic carbocycles. The van der Waals surface area contributed by atoms with Crippen LogP contribution in [0.25, 0.3) is 0 Å². The van der Waals surface area contributed by atoms with E-state index < -0.39 is 23.7 Å². The first-order chi connectivity index (χ1) is 9.75. The van der Waals surface area contributed by atoms with Crippen LogP contribution in [0.4, 0.5) is 22.4 Å². The van der Waals surface area contributed by atoms with Crippen LogP contribution in [0.3, 0.4) is 0 Å². The number of hydrogen-bond acceptors (Lipinski definition) is 2. The minimum Gasteiger partial charge on any atom is -0.465 e. The van der Waals surface area contributed by atoms with E-state index in [-0.39, 0.29) is 18.8 Å². The Labute approximate surface area is 117 Å². The van der Waals surface area contributed by atoms with Crippen LogP contribution >= 0.6 is 0 Å². The number of alkyl halides is 3. The summed E-state index contributed by atoms with van der Waals surface area (Å²) in [4.78, 5) is 10.4. The molecule has 0 saturated heterocycles. The Kier molecular flexibility index (Phi) is 4.36. The normalized spacial score (nSPS) is 21.7. The number of halogens is 4. The fourth-order valence-electron chi connectivity index (χ4n) is 2.09. The summed E-state index contributed by atoms with van der Waals surface area (Å²) in [5, 5.41) is 10.8. The van der Waals surface area contributed by atoms with Crippen molar-refractivity contribution in [1.29, 1.82) is 0 Å². The van der Waals surface area contributed by atoms with Gasteiger partial charge in [-0.25, -0.2) is 9.18 Å². The van der Waals surface area contributed by atoms with Crippen LogP contribution in [0, 0.1) is 5.82 Å². The first-order valence-electron chi connectivity index (χ1n) is 6.22. The molecule has 116 valence electrons. The molecule has 2 N–H and O–H groups in total. The first kappa shape index (κ1) is 15.6. The molecule has 1 amide bonds. The molecular weight excluding hydrogens is 294 g/mol. The maximum Gasteiger partial charge on any atom is 0.419 e. The average molecular weight is 307 g/mol. The van der Waals surface area contributed by atoms with Gasteiger partial charge in [0.1, 0.15) is 5.82 Å². The van der Waals surface area contributed by atoms with Gasteiger partial charge in [-0.1, -0.05) is 6.07 Å². The van der Waals surface area contributed by atoms with Crippen LogP contribution in [0.5, 0.6) is 0 Å². The van der Waals surface area contributed by atoms with Crippen molar-refractivity contribution in [2.75, 3.05) is 0 Å². The van der Waals surface area contributed by atoms with Gasteiger partial charge in [0.2, 0.25) is 0 Å². The van der Waals surface area contributed by atoms with Gasteiger partial charge in [0.15, 0.2) is 0 Å². The zero-order chi connectivity index (χ0) is 15.6. The van der Waals surface area contributed by atoms with Gasteiger partial charge in [-0.15, -0.1) is 0 Å². The van der Waals surface area contributed by atoms with E-state index in [9.17, 15) is 22.4 Å². The van der Waals surface area contributed by atoms with Crippen LogP contribution in [0.1, 0.15) is 24.0 Å². The Morgan fingerprint density at radius 1 is 1.38 bits per heavy atom. The highest BCUT2D eigenvalue weighted by Gasteiger charge is 2.34. The van der Waals surface area contributed by atoms with E-state index >= 15 is 0 Å². The van der Waals surface area contributed by atoms with Gasteiger partial charge in [0, 0.05) is 6.04 Å². The van der Waals surface area contributed by atoms with Crippen molar-refractivity contribution in [3.63, 3.8) is 0 Å². The Hall–Kier alpha value is -1.83. The van der Waals surface area contributed by atoms with E-state index in [1.54, 1.807) is 0 Å². The number of benzene rings is 1. The van der Waals surface area contributed by atoms with Gasteiger partial charge < -0.3 is 15.2 Å². The third-order valence-corrected chi connectivity index (χ3v) is 3.25. The number of ether oxygens (including phenoxy) is 1. The Balaban J connectivity index is 1.83. The van der Waals surface area contributed by atoms with Gasteiger partial charge in [0.05, 0.1) is 18.3 Å². The third-order valence-electron chi connectivity index (χ3n) is 3.25. The second-order valence-electron chi connectivity index (χ2n) is 4.86. The maximum atomic E-state index is 13.3. The van der Waals surface area contributed by atoms with Crippen LogP contribution in [-0.2, 0) is 17.5 Å². The lowest BCUT2D eigenvalue weighted by atomic mass is 9.89. The number of rotatable bonds is 4. The molecular formula is C13H13F4NO3. The van der Waals surface area contributed by atoms with Gasteiger partial charge in [-0.05, 0) is 30.5 Å². The molecule has 1 aliphatic rings. The Bertz CT molecular complexity index is 527. The molecule has 4 nitrogen and oxygen atoms in total. The lowest BCUT2D eigenvalue weighted by Gasteiger charge is -2.34. The lowest BCUT2D eigenvalue weighted by Crippen LogP contribution is -2.47. The molecule has 1 saturated carbocycles. The topological polar surface area (TPSA) is 58.6 Å². The van der Waals surface area contributed by atoms with Crippen molar-refractivity contribution in [2.45, 2.75) is 37.8 Å². The monoisotopic (exact) mass is 307 g/mol. The smallest absolute Gasteiger partial charge is 0.419 e. The molecule has 21 heavy (non-hydrogen) atoms.